The molecule has 1 atom stereocenters. The van der Waals surface area contributed by atoms with Crippen LogP contribution in [-0.4, -0.2) is 83.8 Å². The van der Waals surface area contributed by atoms with Gasteiger partial charge in [0.05, 0.1) is 11.5 Å². The number of nitrogens with zero attached hydrogens (tertiary/aromatic N) is 3. The molecule has 1 aromatic rings. The summed E-state index contributed by atoms with van der Waals surface area (Å²) < 4.78 is 43.5. The fourth-order valence-corrected chi connectivity index (χ4v) is 4.12. The number of rotatable bonds is 4. The third kappa shape index (κ3) is 6.06. The van der Waals surface area contributed by atoms with Crippen LogP contribution in [0.25, 0.3) is 0 Å². The summed E-state index contributed by atoms with van der Waals surface area (Å²) in [6.07, 6.45) is -4.75. The standard InChI is InChI=1S/C23H28F3N3O5/c1-15(20(31)29-13-11-27(12-14-29)16(2)30)34-22(33)18-7-9-28(10-8-18)21(32)17-3-5-19(6-4-17)23(24,25)26/h3-6,15,18H,7-14H2,1-2H3. The van der Waals surface area contributed by atoms with E-state index in [1.54, 1.807) is 9.80 Å². The van der Waals surface area contributed by atoms with Gasteiger partial charge in [-0.25, -0.2) is 0 Å². The number of amides is 3. The molecule has 8 nitrogen and oxygen atoms in total. The van der Waals surface area contributed by atoms with Crippen LogP contribution >= 0.6 is 0 Å². The average molecular weight is 483 g/mol. The van der Waals surface area contributed by atoms with Crippen molar-refractivity contribution in [1.29, 1.82) is 0 Å². The van der Waals surface area contributed by atoms with Crippen molar-refractivity contribution in [3.63, 3.8) is 0 Å². The third-order valence-electron chi connectivity index (χ3n) is 6.25. The molecule has 1 unspecified atom stereocenters. The molecule has 0 saturated carbocycles. The molecule has 2 heterocycles. The fraction of sp³-hybridized carbons (Fsp3) is 0.565. The second-order valence-electron chi connectivity index (χ2n) is 8.55. The minimum atomic E-state index is -4.47. The van der Waals surface area contributed by atoms with Crippen LogP contribution in [0.5, 0.6) is 0 Å². The van der Waals surface area contributed by atoms with Crippen molar-refractivity contribution in [2.75, 3.05) is 39.3 Å². The SMILES string of the molecule is CC(=O)N1CCN(C(=O)C(C)OC(=O)C2CCN(C(=O)c3ccc(C(F)(F)F)cc3)CC2)CC1. The summed E-state index contributed by atoms with van der Waals surface area (Å²) in [6.45, 7) is 5.14. The molecule has 186 valence electrons. The highest BCUT2D eigenvalue weighted by Crippen LogP contribution is 2.29. The van der Waals surface area contributed by atoms with E-state index in [-0.39, 0.29) is 30.5 Å². The number of hydrogen-bond donors (Lipinski definition) is 0. The zero-order valence-corrected chi connectivity index (χ0v) is 19.1. The summed E-state index contributed by atoms with van der Waals surface area (Å²) in [5.41, 5.74) is -0.673. The van der Waals surface area contributed by atoms with Crippen LogP contribution in [0.15, 0.2) is 24.3 Å². The van der Waals surface area contributed by atoms with Crippen LogP contribution < -0.4 is 0 Å². The van der Waals surface area contributed by atoms with E-state index >= 15 is 0 Å². The fourth-order valence-electron chi connectivity index (χ4n) is 4.12. The van der Waals surface area contributed by atoms with Crippen molar-refractivity contribution >= 4 is 23.7 Å². The van der Waals surface area contributed by atoms with Crippen molar-refractivity contribution in [3.05, 3.63) is 35.4 Å². The first-order valence-electron chi connectivity index (χ1n) is 11.2. The van der Waals surface area contributed by atoms with Crippen LogP contribution in [0.1, 0.15) is 42.6 Å². The van der Waals surface area contributed by atoms with E-state index < -0.39 is 35.6 Å². The molecule has 0 aliphatic carbocycles. The number of piperidine rings is 1. The lowest BCUT2D eigenvalue weighted by Gasteiger charge is -2.35. The number of carbonyl (C=O) groups excluding carboxylic acids is 4. The summed E-state index contributed by atoms with van der Waals surface area (Å²) in [5, 5.41) is 0. The van der Waals surface area contributed by atoms with E-state index in [0.29, 0.717) is 39.0 Å². The highest BCUT2D eigenvalue weighted by atomic mass is 19.4. The molecule has 2 fully saturated rings. The van der Waals surface area contributed by atoms with Gasteiger partial charge in [-0.2, -0.15) is 13.2 Å². The van der Waals surface area contributed by atoms with Gasteiger partial charge >= 0.3 is 12.1 Å². The predicted octanol–water partition coefficient (Wildman–Crippen LogP) is 2.18. The van der Waals surface area contributed by atoms with E-state index in [4.69, 9.17) is 4.74 Å². The molecule has 11 heteroatoms. The number of alkyl halides is 3. The van der Waals surface area contributed by atoms with Gasteiger partial charge in [0.25, 0.3) is 11.8 Å². The number of ether oxygens (including phenoxy) is 1. The van der Waals surface area contributed by atoms with Crippen molar-refractivity contribution in [2.24, 2.45) is 5.92 Å². The van der Waals surface area contributed by atoms with Crippen LogP contribution in [0.2, 0.25) is 0 Å². The lowest BCUT2D eigenvalue weighted by atomic mass is 9.96. The van der Waals surface area contributed by atoms with E-state index in [9.17, 15) is 32.3 Å². The van der Waals surface area contributed by atoms with E-state index in [1.807, 2.05) is 0 Å². The van der Waals surface area contributed by atoms with Crippen molar-refractivity contribution in [1.82, 2.24) is 14.7 Å². The highest BCUT2D eigenvalue weighted by molar-refractivity contribution is 5.94. The van der Waals surface area contributed by atoms with E-state index in [0.717, 1.165) is 24.3 Å². The maximum Gasteiger partial charge on any atom is 0.416 e. The summed E-state index contributed by atoms with van der Waals surface area (Å²) in [5.74, 6) is -1.73. The Hall–Kier alpha value is -3.11. The van der Waals surface area contributed by atoms with Gasteiger partial charge in [0.2, 0.25) is 5.91 Å². The van der Waals surface area contributed by atoms with Crippen molar-refractivity contribution in [3.8, 4) is 0 Å². The lowest BCUT2D eigenvalue weighted by Crippen LogP contribution is -2.52. The Labute approximate surface area is 195 Å². The summed E-state index contributed by atoms with van der Waals surface area (Å²) >= 11 is 0. The van der Waals surface area contributed by atoms with Gasteiger partial charge in [-0.15, -0.1) is 0 Å². The Morgan fingerprint density at radius 2 is 1.41 bits per heavy atom. The molecule has 34 heavy (non-hydrogen) atoms. The number of piperazine rings is 1. The molecule has 3 rings (SSSR count). The van der Waals surface area contributed by atoms with E-state index in [2.05, 4.69) is 0 Å². The minimum Gasteiger partial charge on any atom is -0.452 e. The predicted molar refractivity (Wildman–Crippen MR) is 114 cm³/mol. The number of hydrogen-bond acceptors (Lipinski definition) is 5. The molecule has 0 N–H and O–H groups in total. The monoisotopic (exact) mass is 483 g/mol. The lowest BCUT2D eigenvalue weighted by molar-refractivity contribution is -0.164. The molecule has 0 spiro atoms. The second kappa shape index (κ2) is 10.4. The molecule has 0 aromatic heterocycles. The van der Waals surface area contributed by atoms with E-state index in [1.165, 1.54) is 18.7 Å². The zero-order chi connectivity index (χ0) is 25.0. The van der Waals surface area contributed by atoms with Gasteiger partial charge in [0.15, 0.2) is 6.10 Å². The Balaban J connectivity index is 1.46. The molecular weight excluding hydrogens is 455 g/mol. The molecule has 3 amide bonds. The van der Waals surface area contributed by atoms with Gasteiger partial charge in [-0.1, -0.05) is 0 Å². The zero-order valence-electron chi connectivity index (χ0n) is 19.1. The first-order chi connectivity index (χ1) is 16.0. The number of likely N-dealkylation sites (tertiary alicyclic amines) is 1. The quantitative estimate of drug-likeness (QED) is 0.613. The maximum absolute atomic E-state index is 12.7. The number of esters is 1. The first kappa shape index (κ1) is 25.5. The Morgan fingerprint density at radius 3 is 1.91 bits per heavy atom. The highest BCUT2D eigenvalue weighted by Gasteiger charge is 2.34. The topological polar surface area (TPSA) is 87.2 Å². The summed E-state index contributed by atoms with van der Waals surface area (Å²) in [7, 11) is 0. The number of benzene rings is 1. The van der Waals surface area contributed by atoms with Gasteiger partial charge in [0.1, 0.15) is 0 Å². The number of carbonyl (C=O) groups is 4. The maximum atomic E-state index is 12.7. The normalized spacial score (nSPS) is 18.4. The van der Waals surface area contributed by atoms with Crippen LogP contribution in [0.4, 0.5) is 13.2 Å². The molecule has 2 aliphatic rings. The first-order valence-corrected chi connectivity index (χ1v) is 11.2. The molecule has 0 radical (unpaired) electrons. The molecule has 0 bridgehead atoms. The molecule has 1 aromatic carbocycles. The van der Waals surface area contributed by atoms with Gasteiger partial charge in [0, 0.05) is 51.8 Å². The average Bonchev–Trinajstić information content (AvgIpc) is 2.82. The van der Waals surface area contributed by atoms with Crippen LogP contribution in [0.3, 0.4) is 0 Å². The van der Waals surface area contributed by atoms with Crippen molar-refractivity contribution < 1.29 is 37.1 Å². The van der Waals surface area contributed by atoms with Gasteiger partial charge < -0.3 is 19.4 Å². The van der Waals surface area contributed by atoms with Gasteiger partial charge in [-0.05, 0) is 44.0 Å². The van der Waals surface area contributed by atoms with Crippen LogP contribution in [-0.2, 0) is 25.3 Å². The summed E-state index contributed by atoms with van der Waals surface area (Å²) in [4.78, 5) is 53.9. The number of halogens is 3. The third-order valence-corrected chi connectivity index (χ3v) is 6.25. The Bertz CT molecular complexity index is 919. The van der Waals surface area contributed by atoms with Crippen LogP contribution in [0, 0.1) is 5.92 Å². The second-order valence-corrected chi connectivity index (χ2v) is 8.55. The smallest absolute Gasteiger partial charge is 0.416 e. The van der Waals surface area contributed by atoms with Crippen molar-refractivity contribution in [2.45, 2.75) is 39.0 Å². The van der Waals surface area contributed by atoms with Gasteiger partial charge in [-0.3, -0.25) is 19.2 Å². The molecule has 2 aliphatic heterocycles. The minimum absolute atomic E-state index is 0.0466. The molecular formula is C23H28F3N3O5. The largest absolute Gasteiger partial charge is 0.452 e. The summed E-state index contributed by atoms with van der Waals surface area (Å²) in [6, 6.07) is 4.04. The molecule has 2 saturated heterocycles. The Morgan fingerprint density at radius 1 is 0.882 bits per heavy atom. The Kier molecular flexibility index (Phi) is 7.83.